The second kappa shape index (κ2) is 5.78. The Balaban J connectivity index is 2.63. The standard InChI is InChI=1S/C11H17N3S/c1-9(2)14(8-11(12)15)7-10-4-3-5-13-6-10/h3-6,9H,7-8H2,1-2H3,(H2,12,15). The van der Waals surface area contributed by atoms with E-state index in [2.05, 4.69) is 29.8 Å². The molecule has 1 heterocycles. The van der Waals surface area contributed by atoms with E-state index < -0.39 is 0 Å². The highest BCUT2D eigenvalue weighted by atomic mass is 32.1. The van der Waals surface area contributed by atoms with Crippen LogP contribution in [0.15, 0.2) is 24.5 Å². The Bertz CT molecular complexity index is 311. The van der Waals surface area contributed by atoms with Crippen LogP contribution in [0.25, 0.3) is 0 Å². The van der Waals surface area contributed by atoms with Gasteiger partial charge >= 0.3 is 0 Å². The molecule has 1 rings (SSSR count). The number of pyridine rings is 1. The average molecular weight is 223 g/mol. The van der Waals surface area contributed by atoms with E-state index >= 15 is 0 Å². The number of hydrogen-bond donors (Lipinski definition) is 1. The van der Waals surface area contributed by atoms with Gasteiger partial charge in [0.2, 0.25) is 0 Å². The van der Waals surface area contributed by atoms with Crippen LogP contribution in [-0.4, -0.2) is 27.5 Å². The molecule has 0 saturated heterocycles. The number of rotatable bonds is 5. The summed E-state index contributed by atoms with van der Waals surface area (Å²) in [7, 11) is 0. The van der Waals surface area contributed by atoms with Crippen LogP contribution in [0, 0.1) is 0 Å². The number of nitrogens with zero attached hydrogens (tertiary/aromatic N) is 2. The Kier molecular flexibility index (Phi) is 4.65. The van der Waals surface area contributed by atoms with E-state index in [1.807, 2.05) is 12.3 Å². The predicted molar refractivity (Wildman–Crippen MR) is 66.6 cm³/mol. The summed E-state index contributed by atoms with van der Waals surface area (Å²) in [6.07, 6.45) is 3.64. The van der Waals surface area contributed by atoms with Gasteiger partial charge < -0.3 is 5.73 Å². The Hall–Kier alpha value is -1.00. The van der Waals surface area contributed by atoms with Gasteiger partial charge in [0.15, 0.2) is 0 Å². The van der Waals surface area contributed by atoms with E-state index in [-0.39, 0.29) is 0 Å². The minimum Gasteiger partial charge on any atom is -0.392 e. The van der Waals surface area contributed by atoms with Gasteiger partial charge in [0, 0.05) is 31.5 Å². The highest BCUT2D eigenvalue weighted by molar-refractivity contribution is 7.80. The Labute approximate surface area is 96.3 Å². The Morgan fingerprint density at radius 1 is 1.60 bits per heavy atom. The summed E-state index contributed by atoms with van der Waals surface area (Å²) in [4.78, 5) is 6.84. The fraction of sp³-hybridized carbons (Fsp3) is 0.455. The number of aromatic nitrogens is 1. The lowest BCUT2D eigenvalue weighted by Crippen LogP contribution is -2.37. The number of hydrogen-bond acceptors (Lipinski definition) is 3. The fourth-order valence-electron chi connectivity index (χ4n) is 1.35. The van der Waals surface area contributed by atoms with Crippen molar-refractivity contribution in [3.63, 3.8) is 0 Å². The lowest BCUT2D eigenvalue weighted by Gasteiger charge is -2.25. The lowest BCUT2D eigenvalue weighted by atomic mass is 10.2. The van der Waals surface area contributed by atoms with Crippen LogP contribution in [0.5, 0.6) is 0 Å². The molecule has 0 unspecified atom stereocenters. The van der Waals surface area contributed by atoms with E-state index in [1.54, 1.807) is 6.20 Å². The zero-order chi connectivity index (χ0) is 11.3. The third kappa shape index (κ3) is 4.36. The minimum absolute atomic E-state index is 0.423. The smallest absolute Gasteiger partial charge is 0.0870 e. The topological polar surface area (TPSA) is 42.1 Å². The fourth-order valence-corrected chi connectivity index (χ4v) is 1.51. The molecule has 0 fully saturated rings. The van der Waals surface area contributed by atoms with Crippen molar-refractivity contribution in [2.24, 2.45) is 5.73 Å². The summed E-state index contributed by atoms with van der Waals surface area (Å²) in [5.41, 5.74) is 6.74. The molecule has 0 aromatic carbocycles. The van der Waals surface area contributed by atoms with Crippen LogP contribution < -0.4 is 5.73 Å². The van der Waals surface area contributed by atoms with E-state index in [4.69, 9.17) is 18.0 Å². The van der Waals surface area contributed by atoms with Gasteiger partial charge in [-0.15, -0.1) is 0 Å². The van der Waals surface area contributed by atoms with Crippen LogP contribution in [-0.2, 0) is 6.54 Å². The van der Waals surface area contributed by atoms with Crippen molar-refractivity contribution in [1.29, 1.82) is 0 Å². The van der Waals surface area contributed by atoms with Gasteiger partial charge in [-0.25, -0.2) is 0 Å². The maximum atomic E-state index is 5.56. The molecule has 0 aliphatic heterocycles. The molecule has 3 nitrogen and oxygen atoms in total. The SMILES string of the molecule is CC(C)N(CC(N)=S)Cc1cccnc1. The van der Waals surface area contributed by atoms with Gasteiger partial charge in [0.25, 0.3) is 0 Å². The first-order valence-electron chi connectivity index (χ1n) is 5.01. The van der Waals surface area contributed by atoms with Crippen molar-refractivity contribution in [2.45, 2.75) is 26.4 Å². The second-order valence-electron chi connectivity index (χ2n) is 3.83. The number of nitrogens with two attached hydrogens (primary N) is 1. The van der Waals surface area contributed by atoms with Crippen LogP contribution in [0.4, 0.5) is 0 Å². The van der Waals surface area contributed by atoms with Gasteiger partial charge in [0.05, 0.1) is 4.99 Å². The van der Waals surface area contributed by atoms with E-state index in [0.717, 1.165) is 6.54 Å². The zero-order valence-corrected chi connectivity index (χ0v) is 10.00. The molecule has 1 aromatic rings. The minimum atomic E-state index is 0.423. The molecule has 1 aromatic heterocycles. The van der Waals surface area contributed by atoms with Gasteiger partial charge in [-0.3, -0.25) is 9.88 Å². The molecule has 0 atom stereocenters. The zero-order valence-electron chi connectivity index (χ0n) is 9.18. The van der Waals surface area contributed by atoms with Gasteiger partial charge in [-0.1, -0.05) is 18.3 Å². The molecule has 0 amide bonds. The molecule has 0 aliphatic carbocycles. The molecular weight excluding hydrogens is 206 g/mol. The van der Waals surface area contributed by atoms with Gasteiger partial charge in [0.1, 0.15) is 0 Å². The Morgan fingerprint density at radius 2 is 2.33 bits per heavy atom. The van der Waals surface area contributed by atoms with E-state index in [0.29, 0.717) is 17.6 Å². The molecule has 2 N–H and O–H groups in total. The molecule has 0 bridgehead atoms. The number of thiocarbonyl (C=S) groups is 1. The normalized spacial score (nSPS) is 10.9. The lowest BCUT2D eigenvalue weighted by molar-refractivity contribution is 0.245. The Morgan fingerprint density at radius 3 is 2.80 bits per heavy atom. The predicted octanol–water partition coefficient (Wildman–Crippen LogP) is 1.58. The molecule has 0 saturated carbocycles. The monoisotopic (exact) mass is 223 g/mol. The third-order valence-corrected chi connectivity index (χ3v) is 2.33. The second-order valence-corrected chi connectivity index (χ2v) is 4.35. The van der Waals surface area contributed by atoms with E-state index in [9.17, 15) is 0 Å². The highest BCUT2D eigenvalue weighted by Crippen LogP contribution is 2.06. The summed E-state index contributed by atoms with van der Waals surface area (Å²) < 4.78 is 0. The molecular formula is C11H17N3S. The summed E-state index contributed by atoms with van der Waals surface area (Å²) >= 11 is 4.93. The van der Waals surface area contributed by atoms with Gasteiger partial charge in [-0.2, -0.15) is 0 Å². The third-order valence-electron chi connectivity index (χ3n) is 2.20. The average Bonchev–Trinajstić information content (AvgIpc) is 2.17. The van der Waals surface area contributed by atoms with Crippen molar-refractivity contribution < 1.29 is 0 Å². The molecule has 15 heavy (non-hydrogen) atoms. The maximum absolute atomic E-state index is 5.56. The van der Waals surface area contributed by atoms with E-state index in [1.165, 1.54) is 5.56 Å². The van der Waals surface area contributed by atoms with Crippen LogP contribution >= 0.6 is 12.2 Å². The van der Waals surface area contributed by atoms with Crippen molar-refractivity contribution in [3.05, 3.63) is 30.1 Å². The molecule has 0 radical (unpaired) electrons. The largest absolute Gasteiger partial charge is 0.392 e. The molecule has 4 heteroatoms. The maximum Gasteiger partial charge on any atom is 0.0870 e. The first-order valence-corrected chi connectivity index (χ1v) is 5.41. The molecule has 82 valence electrons. The quantitative estimate of drug-likeness (QED) is 0.770. The summed E-state index contributed by atoms with van der Waals surface area (Å²) in [5.74, 6) is 0. The van der Waals surface area contributed by atoms with Crippen LogP contribution in [0.2, 0.25) is 0 Å². The molecule has 0 aliphatic rings. The van der Waals surface area contributed by atoms with Crippen LogP contribution in [0.1, 0.15) is 19.4 Å². The first kappa shape index (κ1) is 12.1. The first-order chi connectivity index (χ1) is 7.09. The highest BCUT2D eigenvalue weighted by Gasteiger charge is 2.10. The van der Waals surface area contributed by atoms with Crippen molar-refractivity contribution in [3.8, 4) is 0 Å². The van der Waals surface area contributed by atoms with Crippen molar-refractivity contribution >= 4 is 17.2 Å². The molecule has 0 spiro atoms. The summed E-state index contributed by atoms with van der Waals surface area (Å²) in [6, 6.07) is 4.42. The summed E-state index contributed by atoms with van der Waals surface area (Å²) in [6.45, 7) is 5.76. The summed E-state index contributed by atoms with van der Waals surface area (Å²) in [5, 5.41) is 0. The van der Waals surface area contributed by atoms with Crippen LogP contribution in [0.3, 0.4) is 0 Å². The van der Waals surface area contributed by atoms with Gasteiger partial charge in [-0.05, 0) is 25.5 Å². The van der Waals surface area contributed by atoms with Crippen molar-refractivity contribution in [1.82, 2.24) is 9.88 Å². The van der Waals surface area contributed by atoms with Crippen molar-refractivity contribution in [2.75, 3.05) is 6.54 Å².